The van der Waals surface area contributed by atoms with Crippen LogP contribution < -0.4 is 0 Å². The number of halogens is 2. The summed E-state index contributed by atoms with van der Waals surface area (Å²) in [5.41, 5.74) is 0.209. The second-order valence-corrected chi connectivity index (χ2v) is 4.38. The Kier molecular flexibility index (Phi) is 3.33. The minimum atomic E-state index is -1.14. The van der Waals surface area contributed by atoms with Crippen molar-refractivity contribution in [3.05, 3.63) is 41.6 Å². The van der Waals surface area contributed by atoms with Crippen LogP contribution in [-0.2, 0) is 0 Å². The predicted molar refractivity (Wildman–Crippen MR) is 64.9 cm³/mol. The fourth-order valence-corrected chi connectivity index (χ4v) is 1.78. The number of aromatic carboxylic acids is 1. The Morgan fingerprint density at radius 1 is 1.32 bits per heavy atom. The molecule has 1 heterocycles. The smallest absolute Gasteiger partial charge is 0.354 e. The Morgan fingerprint density at radius 2 is 2.00 bits per heavy atom. The lowest BCUT2D eigenvalue weighted by atomic mass is 10.1. The second-order valence-electron chi connectivity index (χ2n) is 4.38. The Labute approximate surface area is 108 Å². The van der Waals surface area contributed by atoms with Gasteiger partial charge >= 0.3 is 5.97 Å². The number of hydrogen-bond acceptors (Lipinski definition) is 2. The largest absolute Gasteiger partial charge is 0.477 e. The van der Waals surface area contributed by atoms with Gasteiger partial charge in [-0.15, -0.1) is 0 Å². The van der Waals surface area contributed by atoms with Gasteiger partial charge in [-0.05, 0) is 32.0 Å². The van der Waals surface area contributed by atoms with E-state index in [4.69, 9.17) is 5.11 Å². The molecule has 0 saturated carbocycles. The summed E-state index contributed by atoms with van der Waals surface area (Å²) in [5, 5.41) is 13.1. The van der Waals surface area contributed by atoms with E-state index in [1.807, 2.05) is 0 Å². The van der Waals surface area contributed by atoms with Gasteiger partial charge in [0.05, 0.1) is 5.69 Å². The van der Waals surface area contributed by atoms with E-state index in [-0.39, 0.29) is 23.0 Å². The maximum Gasteiger partial charge on any atom is 0.354 e. The summed E-state index contributed by atoms with van der Waals surface area (Å²) in [6.45, 7) is 3.54. The lowest BCUT2D eigenvalue weighted by Gasteiger charge is -2.07. The first-order chi connectivity index (χ1) is 8.90. The average Bonchev–Trinajstić information content (AvgIpc) is 2.73. The van der Waals surface area contributed by atoms with Crippen molar-refractivity contribution < 1.29 is 18.7 Å². The average molecular weight is 266 g/mol. The van der Waals surface area contributed by atoms with Crippen LogP contribution in [0.3, 0.4) is 0 Å². The van der Waals surface area contributed by atoms with E-state index < -0.39 is 17.6 Å². The molecule has 0 atom stereocenters. The van der Waals surface area contributed by atoms with Gasteiger partial charge in [0.15, 0.2) is 0 Å². The van der Waals surface area contributed by atoms with Crippen molar-refractivity contribution in [3.8, 4) is 11.3 Å². The van der Waals surface area contributed by atoms with E-state index >= 15 is 0 Å². The molecule has 1 aromatic heterocycles. The van der Waals surface area contributed by atoms with Crippen molar-refractivity contribution in [2.45, 2.75) is 19.9 Å². The highest BCUT2D eigenvalue weighted by molar-refractivity contribution is 5.87. The quantitative estimate of drug-likeness (QED) is 0.928. The molecule has 0 bridgehead atoms. The van der Waals surface area contributed by atoms with Crippen molar-refractivity contribution in [1.82, 2.24) is 9.78 Å². The molecule has 0 amide bonds. The number of carboxylic acids is 1. The van der Waals surface area contributed by atoms with Crippen LogP contribution in [0.4, 0.5) is 8.78 Å². The lowest BCUT2D eigenvalue weighted by molar-refractivity contribution is 0.0681. The second kappa shape index (κ2) is 4.79. The van der Waals surface area contributed by atoms with Gasteiger partial charge in [0.25, 0.3) is 0 Å². The summed E-state index contributed by atoms with van der Waals surface area (Å²) in [7, 11) is 0. The molecule has 19 heavy (non-hydrogen) atoms. The Bertz CT molecular complexity index is 636. The molecule has 0 aliphatic heterocycles. The third kappa shape index (κ3) is 2.47. The van der Waals surface area contributed by atoms with E-state index in [0.717, 1.165) is 12.1 Å². The van der Waals surface area contributed by atoms with Gasteiger partial charge in [0, 0.05) is 17.7 Å². The first-order valence-electron chi connectivity index (χ1n) is 5.68. The van der Waals surface area contributed by atoms with Crippen LogP contribution in [0.25, 0.3) is 11.3 Å². The van der Waals surface area contributed by atoms with Crippen LogP contribution in [0.5, 0.6) is 0 Å². The zero-order chi connectivity index (χ0) is 14.2. The summed E-state index contributed by atoms with van der Waals surface area (Å²) in [5.74, 6) is -2.61. The fraction of sp³-hybridized carbons (Fsp3) is 0.231. The van der Waals surface area contributed by atoms with Gasteiger partial charge in [0.2, 0.25) is 0 Å². The molecule has 0 aliphatic rings. The molecule has 0 radical (unpaired) electrons. The maximum absolute atomic E-state index is 13.6. The predicted octanol–water partition coefficient (Wildman–Crippen LogP) is 3.11. The van der Waals surface area contributed by atoms with Gasteiger partial charge in [-0.3, -0.25) is 4.68 Å². The molecule has 0 unspecified atom stereocenters. The monoisotopic (exact) mass is 266 g/mol. The highest BCUT2D eigenvalue weighted by Crippen LogP contribution is 2.24. The van der Waals surface area contributed by atoms with Crippen LogP contribution in [0, 0.1) is 11.6 Å². The zero-order valence-electron chi connectivity index (χ0n) is 10.4. The van der Waals surface area contributed by atoms with Crippen LogP contribution in [-0.4, -0.2) is 20.9 Å². The molecule has 2 aromatic rings. The zero-order valence-corrected chi connectivity index (χ0v) is 10.4. The molecule has 1 aromatic carbocycles. The van der Waals surface area contributed by atoms with Gasteiger partial charge < -0.3 is 5.11 Å². The lowest BCUT2D eigenvalue weighted by Crippen LogP contribution is -2.11. The standard InChI is InChI=1S/C13H12F2N2O2/c1-7(2)17-12(13(18)19)6-11(16-17)9-4-3-8(14)5-10(9)15/h3-7H,1-2H3,(H,18,19). The van der Waals surface area contributed by atoms with Crippen molar-refractivity contribution in [2.75, 3.05) is 0 Å². The van der Waals surface area contributed by atoms with Crippen molar-refractivity contribution in [3.63, 3.8) is 0 Å². The molecule has 0 spiro atoms. The number of nitrogens with zero attached hydrogens (tertiary/aromatic N) is 2. The summed E-state index contributed by atoms with van der Waals surface area (Å²) in [6, 6.07) is 4.18. The first kappa shape index (κ1) is 13.2. The number of rotatable bonds is 3. The SMILES string of the molecule is CC(C)n1nc(-c2ccc(F)cc2F)cc1C(=O)O. The molecule has 4 nitrogen and oxygen atoms in total. The van der Waals surface area contributed by atoms with E-state index in [2.05, 4.69) is 5.10 Å². The molecule has 0 fully saturated rings. The van der Waals surface area contributed by atoms with Gasteiger partial charge in [-0.1, -0.05) is 0 Å². The summed E-state index contributed by atoms with van der Waals surface area (Å²) in [6.07, 6.45) is 0. The normalized spacial score (nSPS) is 11.0. The van der Waals surface area contributed by atoms with Crippen molar-refractivity contribution in [1.29, 1.82) is 0 Å². The number of benzene rings is 1. The molecular formula is C13H12F2N2O2. The Morgan fingerprint density at radius 3 is 2.47 bits per heavy atom. The number of hydrogen-bond donors (Lipinski definition) is 1. The highest BCUT2D eigenvalue weighted by atomic mass is 19.1. The molecule has 0 aliphatic carbocycles. The molecule has 1 N–H and O–H groups in total. The van der Waals surface area contributed by atoms with Crippen LogP contribution >= 0.6 is 0 Å². The third-order valence-electron chi connectivity index (χ3n) is 2.65. The summed E-state index contributed by atoms with van der Waals surface area (Å²) < 4.78 is 27.8. The summed E-state index contributed by atoms with van der Waals surface area (Å²) >= 11 is 0. The molecule has 0 saturated heterocycles. The first-order valence-corrected chi connectivity index (χ1v) is 5.68. The van der Waals surface area contributed by atoms with Crippen LogP contribution in [0.1, 0.15) is 30.4 Å². The van der Waals surface area contributed by atoms with E-state index in [9.17, 15) is 13.6 Å². The van der Waals surface area contributed by atoms with Crippen molar-refractivity contribution in [2.24, 2.45) is 0 Å². The minimum absolute atomic E-state index is 0.0336. The topological polar surface area (TPSA) is 55.1 Å². The molecular weight excluding hydrogens is 254 g/mol. The third-order valence-corrected chi connectivity index (χ3v) is 2.65. The highest BCUT2D eigenvalue weighted by Gasteiger charge is 2.19. The maximum atomic E-state index is 13.6. The van der Waals surface area contributed by atoms with E-state index in [0.29, 0.717) is 0 Å². The van der Waals surface area contributed by atoms with E-state index in [1.165, 1.54) is 16.8 Å². The Hall–Kier alpha value is -2.24. The van der Waals surface area contributed by atoms with Crippen LogP contribution in [0.2, 0.25) is 0 Å². The molecule has 100 valence electrons. The fourth-order valence-electron chi connectivity index (χ4n) is 1.78. The summed E-state index contributed by atoms with van der Waals surface area (Å²) in [4.78, 5) is 11.1. The number of carboxylic acid groups (broad SMARTS) is 1. The molecule has 2 rings (SSSR count). The van der Waals surface area contributed by atoms with Gasteiger partial charge in [-0.2, -0.15) is 5.10 Å². The van der Waals surface area contributed by atoms with Gasteiger partial charge in [-0.25, -0.2) is 13.6 Å². The minimum Gasteiger partial charge on any atom is -0.477 e. The van der Waals surface area contributed by atoms with Crippen molar-refractivity contribution >= 4 is 5.97 Å². The van der Waals surface area contributed by atoms with Crippen LogP contribution in [0.15, 0.2) is 24.3 Å². The number of aromatic nitrogens is 2. The molecule has 6 heteroatoms. The van der Waals surface area contributed by atoms with E-state index in [1.54, 1.807) is 13.8 Å². The Balaban J connectivity index is 2.57. The van der Waals surface area contributed by atoms with Gasteiger partial charge in [0.1, 0.15) is 17.3 Å². The number of carbonyl (C=O) groups is 1.